The fourth-order valence-electron chi connectivity index (χ4n) is 10.6. The Labute approximate surface area is 487 Å². The van der Waals surface area contributed by atoms with Crippen molar-refractivity contribution in [1.29, 1.82) is 0 Å². The minimum atomic E-state index is -0.772. The van der Waals surface area contributed by atoms with Crippen LogP contribution in [0.2, 0.25) is 0 Å². The third-order valence-corrected chi connectivity index (χ3v) is 15.8. The Balaban J connectivity index is 3.40. The summed E-state index contributed by atoms with van der Waals surface area (Å²) in [6.07, 6.45) is 94.0. The van der Waals surface area contributed by atoms with E-state index in [2.05, 4.69) is 74.6 Å². The van der Waals surface area contributed by atoms with Crippen molar-refractivity contribution in [1.82, 2.24) is 0 Å². The van der Waals surface area contributed by atoms with Crippen molar-refractivity contribution in [3.8, 4) is 0 Å². The fraction of sp³-hybridized carbons (Fsp3) is 0.836. The third kappa shape index (κ3) is 66.1. The normalized spacial score (nSPS) is 12.5. The second-order valence-corrected chi connectivity index (χ2v) is 23.6. The summed E-state index contributed by atoms with van der Waals surface area (Å²) in [4.78, 5) is 24.7. The van der Waals surface area contributed by atoms with Crippen LogP contribution in [0.1, 0.15) is 373 Å². The number of carbonyl (C=O) groups is 2. The van der Waals surface area contributed by atoms with E-state index in [1.54, 1.807) is 0 Å². The van der Waals surface area contributed by atoms with Crippen molar-refractivity contribution in [3.05, 3.63) is 60.8 Å². The minimum absolute atomic E-state index is 0.0608. The zero-order valence-electron chi connectivity index (χ0n) is 52.4. The smallest absolute Gasteiger partial charge is 0.306 e. The van der Waals surface area contributed by atoms with Gasteiger partial charge in [0.2, 0.25) is 0 Å². The summed E-state index contributed by atoms with van der Waals surface area (Å²) in [6.45, 7) is 4.08. The van der Waals surface area contributed by atoms with Crippen LogP contribution in [0.15, 0.2) is 60.8 Å². The molecular weight excluding hydrogens is 957 g/mol. The molecule has 1 atom stereocenters. The van der Waals surface area contributed by atoms with E-state index in [9.17, 15) is 14.7 Å². The van der Waals surface area contributed by atoms with Crippen LogP contribution in [0.25, 0.3) is 0 Å². The van der Waals surface area contributed by atoms with Crippen LogP contribution in [-0.2, 0) is 19.1 Å². The maximum absolute atomic E-state index is 12.4. The van der Waals surface area contributed by atoms with Gasteiger partial charge in [0.15, 0.2) is 6.10 Å². The minimum Gasteiger partial charge on any atom is -0.462 e. The molecule has 0 heterocycles. The van der Waals surface area contributed by atoms with Crippen LogP contribution in [0.3, 0.4) is 0 Å². The third-order valence-electron chi connectivity index (χ3n) is 15.8. The van der Waals surface area contributed by atoms with Crippen LogP contribution < -0.4 is 0 Å². The van der Waals surface area contributed by atoms with Gasteiger partial charge >= 0.3 is 11.9 Å². The van der Waals surface area contributed by atoms with E-state index in [1.807, 2.05) is 0 Å². The van der Waals surface area contributed by atoms with Crippen molar-refractivity contribution >= 4 is 11.9 Å². The molecule has 0 saturated heterocycles. The number of rotatable bonds is 65. The Morgan fingerprint density at radius 2 is 0.551 bits per heavy atom. The molecule has 0 bridgehead atoms. The highest BCUT2D eigenvalue weighted by Crippen LogP contribution is 2.19. The Hall–Kier alpha value is -2.40. The van der Waals surface area contributed by atoms with Gasteiger partial charge in [0.25, 0.3) is 0 Å². The van der Waals surface area contributed by atoms with Crippen LogP contribution in [0, 0.1) is 0 Å². The van der Waals surface area contributed by atoms with Gasteiger partial charge in [0, 0.05) is 12.8 Å². The lowest BCUT2D eigenvalue weighted by Gasteiger charge is -2.15. The summed E-state index contributed by atoms with van der Waals surface area (Å²) in [7, 11) is 0. The topological polar surface area (TPSA) is 72.8 Å². The zero-order valence-corrected chi connectivity index (χ0v) is 52.4. The highest BCUT2D eigenvalue weighted by Gasteiger charge is 2.16. The van der Waals surface area contributed by atoms with E-state index in [4.69, 9.17) is 9.47 Å². The van der Waals surface area contributed by atoms with Gasteiger partial charge in [-0.2, -0.15) is 0 Å². The molecule has 0 amide bonds. The van der Waals surface area contributed by atoms with Gasteiger partial charge in [-0.25, -0.2) is 0 Å². The standard InChI is InChI=1S/C73H134O5/c1-3-5-7-9-11-13-15-17-19-21-23-25-27-29-31-33-35-36-38-40-42-44-46-48-50-52-54-56-58-60-62-64-66-68-73(76)78-71(69-74)70-77-72(75)67-65-63-61-59-57-55-53-51-49-47-45-43-41-39-37-34-32-30-28-26-24-22-20-18-16-14-12-10-8-6-4-2/h5,7,11,13,17,19,22-25,71,74H,3-4,6,8-10,12,14-16,18,20-21,26-70H2,1-2H3/b7-5-,13-11-,19-17-,24-22-,25-23-. The van der Waals surface area contributed by atoms with Gasteiger partial charge in [-0.3, -0.25) is 9.59 Å². The molecule has 0 fully saturated rings. The second-order valence-electron chi connectivity index (χ2n) is 23.6. The Morgan fingerprint density at radius 3 is 0.846 bits per heavy atom. The molecule has 0 saturated carbocycles. The molecule has 1 unspecified atom stereocenters. The SMILES string of the molecule is CC/C=C\C/C=C\C/C=C\C/C=C\CCCCCCCCCCCCCCCCCCCCCCC(=O)OC(CO)COC(=O)CCCCCCCCCCCCCCCCCCCCC/C=C\CCCCCCCCCC. The van der Waals surface area contributed by atoms with Gasteiger partial charge in [-0.1, -0.05) is 344 Å². The van der Waals surface area contributed by atoms with E-state index in [-0.39, 0.29) is 25.2 Å². The lowest BCUT2D eigenvalue weighted by atomic mass is 10.0. The highest BCUT2D eigenvalue weighted by molar-refractivity contribution is 5.70. The number of allylic oxidation sites excluding steroid dienone is 10. The van der Waals surface area contributed by atoms with Crippen molar-refractivity contribution in [2.45, 2.75) is 380 Å². The molecule has 0 aliphatic heterocycles. The summed E-state index contributed by atoms with van der Waals surface area (Å²) >= 11 is 0. The molecule has 0 aromatic heterocycles. The molecule has 0 aliphatic carbocycles. The number of esters is 2. The highest BCUT2D eigenvalue weighted by atomic mass is 16.6. The predicted octanol–water partition coefficient (Wildman–Crippen LogP) is 24.1. The average molecular weight is 1090 g/mol. The van der Waals surface area contributed by atoms with E-state index >= 15 is 0 Å². The monoisotopic (exact) mass is 1090 g/mol. The summed E-state index contributed by atoms with van der Waals surface area (Å²) in [5, 5.41) is 9.70. The second kappa shape index (κ2) is 68.9. The van der Waals surface area contributed by atoms with Crippen molar-refractivity contribution in [3.63, 3.8) is 0 Å². The molecule has 0 aromatic rings. The first kappa shape index (κ1) is 75.6. The zero-order chi connectivity index (χ0) is 56.2. The predicted molar refractivity (Wildman–Crippen MR) is 344 cm³/mol. The number of hydrogen-bond donors (Lipinski definition) is 1. The van der Waals surface area contributed by atoms with Crippen LogP contribution in [0.4, 0.5) is 0 Å². The Bertz CT molecular complexity index is 1330. The first-order valence-electron chi connectivity index (χ1n) is 34.8. The molecule has 456 valence electrons. The van der Waals surface area contributed by atoms with Crippen molar-refractivity contribution in [2.75, 3.05) is 13.2 Å². The molecular formula is C73H134O5. The van der Waals surface area contributed by atoms with E-state index in [0.717, 1.165) is 64.2 Å². The van der Waals surface area contributed by atoms with Crippen LogP contribution >= 0.6 is 0 Å². The number of aliphatic hydroxyl groups excluding tert-OH is 1. The maximum Gasteiger partial charge on any atom is 0.306 e. The summed E-state index contributed by atoms with van der Waals surface area (Å²) in [6, 6.07) is 0. The summed E-state index contributed by atoms with van der Waals surface area (Å²) in [5.41, 5.74) is 0. The molecule has 0 rings (SSSR count). The molecule has 0 spiro atoms. The number of unbranched alkanes of at least 4 members (excludes halogenated alkanes) is 47. The van der Waals surface area contributed by atoms with E-state index in [1.165, 1.54) is 283 Å². The fourth-order valence-corrected chi connectivity index (χ4v) is 10.6. The Morgan fingerprint density at radius 1 is 0.308 bits per heavy atom. The molecule has 78 heavy (non-hydrogen) atoms. The van der Waals surface area contributed by atoms with E-state index in [0.29, 0.717) is 12.8 Å². The van der Waals surface area contributed by atoms with Gasteiger partial charge < -0.3 is 14.6 Å². The Kier molecular flexibility index (Phi) is 66.8. The molecule has 5 heteroatoms. The lowest BCUT2D eigenvalue weighted by molar-refractivity contribution is -0.161. The maximum atomic E-state index is 12.4. The number of aliphatic hydroxyl groups is 1. The van der Waals surface area contributed by atoms with Gasteiger partial charge in [-0.05, 0) is 77.0 Å². The summed E-state index contributed by atoms with van der Waals surface area (Å²) < 4.78 is 10.8. The van der Waals surface area contributed by atoms with Crippen molar-refractivity contribution < 1.29 is 24.2 Å². The molecule has 5 nitrogen and oxygen atoms in total. The lowest BCUT2D eigenvalue weighted by Crippen LogP contribution is -2.28. The molecule has 1 N–H and O–H groups in total. The van der Waals surface area contributed by atoms with Crippen molar-refractivity contribution in [2.24, 2.45) is 0 Å². The molecule has 0 radical (unpaired) electrons. The largest absolute Gasteiger partial charge is 0.462 e. The number of carbonyl (C=O) groups excluding carboxylic acids is 2. The number of hydrogen-bond acceptors (Lipinski definition) is 5. The summed E-state index contributed by atoms with van der Waals surface area (Å²) in [5.74, 6) is -0.569. The first-order chi connectivity index (χ1) is 38.6. The number of ether oxygens (including phenoxy) is 2. The van der Waals surface area contributed by atoms with E-state index < -0.39 is 6.10 Å². The average Bonchev–Trinajstić information content (AvgIpc) is 3.44. The van der Waals surface area contributed by atoms with Gasteiger partial charge in [0.05, 0.1) is 6.61 Å². The molecule has 0 aliphatic rings. The van der Waals surface area contributed by atoms with Crippen LogP contribution in [-0.4, -0.2) is 36.4 Å². The van der Waals surface area contributed by atoms with Gasteiger partial charge in [0.1, 0.15) is 6.61 Å². The van der Waals surface area contributed by atoms with Gasteiger partial charge in [-0.15, -0.1) is 0 Å². The molecule has 0 aromatic carbocycles. The van der Waals surface area contributed by atoms with Crippen LogP contribution in [0.5, 0.6) is 0 Å². The first-order valence-corrected chi connectivity index (χ1v) is 34.8. The quantitative estimate of drug-likeness (QED) is 0.0373.